The predicted octanol–water partition coefficient (Wildman–Crippen LogP) is 4.60. The number of nitrogens with zero attached hydrogens (tertiary/aromatic N) is 1. The molecule has 0 unspecified atom stereocenters. The van der Waals surface area contributed by atoms with Crippen LogP contribution in [0.3, 0.4) is 0 Å². The summed E-state index contributed by atoms with van der Waals surface area (Å²) in [7, 11) is -3.70. The third-order valence-corrected chi connectivity index (χ3v) is 6.63. The summed E-state index contributed by atoms with van der Waals surface area (Å²) in [6.45, 7) is 1.85. The van der Waals surface area contributed by atoms with Crippen molar-refractivity contribution in [3.05, 3.63) is 82.9 Å². The molecule has 0 atom stereocenters. The summed E-state index contributed by atoms with van der Waals surface area (Å²) in [6, 6.07) is 18.6. The molecule has 2 N–H and O–H groups in total. The van der Waals surface area contributed by atoms with E-state index in [9.17, 15) is 18.0 Å². The van der Waals surface area contributed by atoms with Gasteiger partial charge < -0.3 is 5.32 Å². The number of anilines is 4. The standard InChI is InChI=1S/C23H20ClN3O4S/c1-15-5-4-8-20-23(15)25-21(28)13-22(29)27(20)18-11-9-17(10-12-18)26-32(30,31)14-16-6-2-3-7-19(16)24/h2-12,26H,13-14H2,1H3,(H,25,28). The molecule has 1 aliphatic heterocycles. The number of carbonyl (C=O) groups excluding carboxylic acids is 2. The Balaban J connectivity index is 1.60. The van der Waals surface area contributed by atoms with Gasteiger partial charge in [0.15, 0.2) is 0 Å². The highest BCUT2D eigenvalue weighted by molar-refractivity contribution is 7.91. The van der Waals surface area contributed by atoms with Crippen molar-refractivity contribution in [3.63, 3.8) is 0 Å². The lowest BCUT2D eigenvalue weighted by molar-refractivity contribution is -0.124. The molecule has 0 bridgehead atoms. The zero-order valence-corrected chi connectivity index (χ0v) is 18.7. The quantitative estimate of drug-likeness (QED) is 0.534. The second kappa shape index (κ2) is 8.64. The average Bonchev–Trinajstić information content (AvgIpc) is 2.86. The smallest absolute Gasteiger partial charge is 0.241 e. The highest BCUT2D eigenvalue weighted by atomic mass is 35.5. The second-order valence-corrected chi connectivity index (χ2v) is 9.55. The first-order chi connectivity index (χ1) is 15.2. The van der Waals surface area contributed by atoms with Gasteiger partial charge in [-0.25, -0.2) is 8.42 Å². The van der Waals surface area contributed by atoms with Crippen molar-refractivity contribution in [3.8, 4) is 0 Å². The van der Waals surface area contributed by atoms with Gasteiger partial charge in [-0.2, -0.15) is 0 Å². The van der Waals surface area contributed by atoms with Crippen molar-refractivity contribution in [2.45, 2.75) is 19.1 Å². The molecule has 4 rings (SSSR count). The molecule has 3 aromatic carbocycles. The minimum absolute atomic E-state index is 0.264. The van der Waals surface area contributed by atoms with Crippen LogP contribution >= 0.6 is 11.6 Å². The Kier molecular flexibility index (Phi) is 5.90. The molecule has 0 spiro atoms. The average molecular weight is 470 g/mol. The van der Waals surface area contributed by atoms with Gasteiger partial charge in [-0.1, -0.05) is 41.9 Å². The molecule has 0 aliphatic carbocycles. The number of para-hydroxylation sites is 1. The number of hydrogen-bond donors (Lipinski definition) is 2. The molecule has 2 amide bonds. The molecule has 0 aromatic heterocycles. The zero-order valence-electron chi connectivity index (χ0n) is 17.1. The fourth-order valence-electron chi connectivity index (χ4n) is 3.53. The summed E-state index contributed by atoms with van der Waals surface area (Å²) < 4.78 is 27.7. The molecule has 1 aliphatic rings. The molecular weight excluding hydrogens is 450 g/mol. The van der Waals surface area contributed by atoms with Crippen LogP contribution in [0.4, 0.5) is 22.7 Å². The fourth-order valence-corrected chi connectivity index (χ4v) is 5.04. The summed E-state index contributed by atoms with van der Waals surface area (Å²) >= 11 is 6.07. The summed E-state index contributed by atoms with van der Waals surface area (Å²) in [4.78, 5) is 26.4. The minimum Gasteiger partial charge on any atom is -0.324 e. The van der Waals surface area contributed by atoms with E-state index in [2.05, 4.69) is 10.0 Å². The Morgan fingerprint density at radius 1 is 1.00 bits per heavy atom. The number of benzene rings is 3. The lowest BCUT2D eigenvalue weighted by Crippen LogP contribution is -2.26. The maximum atomic E-state index is 12.8. The van der Waals surface area contributed by atoms with Gasteiger partial charge in [-0.15, -0.1) is 0 Å². The number of hydrogen-bond acceptors (Lipinski definition) is 4. The molecule has 32 heavy (non-hydrogen) atoms. The second-order valence-electron chi connectivity index (χ2n) is 7.42. The van der Waals surface area contributed by atoms with Gasteiger partial charge in [0.05, 0.1) is 17.1 Å². The normalized spacial score (nSPS) is 13.9. The number of fused-ring (bicyclic) bond motifs is 1. The van der Waals surface area contributed by atoms with E-state index >= 15 is 0 Å². The number of sulfonamides is 1. The molecular formula is C23H20ClN3O4S. The SMILES string of the molecule is Cc1cccc2c1NC(=O)CC(=O)N2c1ccc(NS(=O)(=O)Cc2ccccc2Cl)cc1. The molecule has 7 nitrogen and oxygen atoms in total. The highest BCUT2D eigenvalue weighted by Gasteiger charge is 2.28. The van der Waals surface area contributed by atoms with Gasteiger partial charge in [0, 0.05) is 16.4 Å². The maximum Gasteiger partial charge on any atom is 0.241 e. The first-order valence-electron chi connectivity index (χ1n) is 9.80. The first kappa shape index (κ1) is 21.9. The Hall–Kier alpha value is -3.36. The maximum absolute atomic E-state index is 12.8. The number of aryl methyl sites for hydroxylation is 1. The van der Waals surface area contributed by atoms with Crippen LogP contribution in [0, 0.1) is 6.92 Å². The fraction of sp³-hybridized carbons (Fsp3) is 0.130. The Bertz CT molecular complexity index is 1310. The van der Waals surface area contributed by atoms with Crippen LogP contribution in [0.25, 0.3) is 0 Å². The van der Waals surface area contributed by atoms with Crippen LogP contribution in [0.1, 0.15) is 17.5 Å². The van der Waals surface area contributed by atoms with Gasteiger partial charge >= 0.3 is 0 Å². The van der Waals surface area contributed by atoms with Crippen molar-refractivity contribution in [2.75, 3.05) is 14.9 Å². The van der Waals surface area contributed by atoms with Crippen LogP contribution in [0.2, 0.25) is 5.02 Å². The van der Waals surface area contributed by atoms with Gasteiger partial charge in [0.1, 0.15) is 6.42 Å². The van der Waals surface area contributed by atoms with Crippen LogP contribution < -0.4 is 14.9 Å². The van der Waals surface area contributed by atoms with E-state index in [1.807, 2.05) is 19.1 Å². The Morgan fingerprint density at radius 3 is 2.44 bits per heavy atom. The topological polar surface area (TPSA) is 95.6 Å². The Morgan fingerprint density at radius 2 is 1.72 bits per heavy atom. The molecule has 0 radical (unpaired) electrons. The summed E-state index contributed by atoms with van der Waals surface area (Å²) in [5.74, 6) is -1.02. The van der Waals surface area contributed by atoms with Gasteiger partial charge in [-0.05, 0) is 54.4 Å². The lowest BCUT2D eigenvalue weighted by atomic mass is 10.1. The zero-order chi connectivity index (χ0) is 22.9. The van der Waals surface area contributed by atoms with Crippen molar-refractivity contribution in [1.29, 1.82) is 0 Å². The van der Waals surface area contributed by atoms with E-state index in [-0.39, 0.29) is 24.0 Å². The number of nitrogens with one attached hydrogen (secondary N) is 2. The molecule has 9 heteroatoms. The predicted molar refractivity (Wildman–Crippen MR) is 126 cm³/mol. The summed E-state index contributed by atoms with van der Waals surface area (Å²) in [5.41, 5.74) is 3.34. The summed E-state index contributed by atoms with van der Waals surface area (Å²) in [5, 5.41) is 3.17. The monoisotopic (exact) mass is 469 g/mol. The lowest BCUT2D eigenvalue weighted by Gasteiger charge is -2.23. The molecule has 164 valence electrons. The van der Waals surface area contributed by atoms with Gasteiger partial charge in [-0.3, -0.25) is 19.2 Å². The number of halogens is 1. The third-order valence-electron chi connectivity index (χ3n) is 5.02. The van der Waals surface area contributed by atoms with E-state index in [0.29, 0.717) is 33.3 Å². The van der Waals surface area contributed by atoms with E-state index in [0.717, 1.165) is 5.56 Å². The number of rotatable bonds is 5. The molecule has 0 saturated heterocycles. The minimum atomic E-state index is -3.70. The van der Waals surface area contributed by atoms with Gasteiger partial charge in [0.25, 0.3) is 0 Å². The largest absolute Gasteiger partial charge is 0.324 e. The van der Waals surface area contributed by atoms with Crippen LogP contribution in [-0.4, -0.2) is 20.2 Å². The first-order valence-corrected chi connectivity index (χ1v) is 11.8. The van der Waals surface area contributed by atoms with Crippen molar-refractivity contribution >= 4 is 56.2 Å². The Labute approximate surface area is 191 Å². The van der Waals surface area contributed by atoms with E-state index in [1.54, 1.807) is 54.6 Å². The molecule has 3 aromatic rings. The molecule has 0 saturated carbocycles. The number of carbonyl (C=O) groups is 2. The van der Waals surface area contributed by atoms with Crippen molar-refractivity contribution in [2.24, 2.45) is 0 Å². The van der Waals surface area contributed by atoms with Crippen molar-refractivity contribution in [1.82, 2.24) is 0 Å². The third kappa shape index (κ3) is 4.61. The van der Waals surface area contributed by atoms with Crippen molar-refractivity contribution < 1.29 is 18.0 Å². The van der Waals surface area contributed by atoms with Gasteiger partial charge in [0.2, 0.25) is 21.8 Å². The van der Waals surface area contributed by atoms with E-state index in [4.69, 9.17) is 11.6 Å². The van der Waals surface area contributed by atoms with Crippen LogP contribution in [0.5, 0.6) is 0 Å². The summed E-state index contributed by atoms with van der Waals surface area (Å²) in [6.07, 6.45) is -0.291. The highest BCUT2D eigenvalue weighted by Crippen LogP contribution is 2.37. The molecule has 0 fully saturated rings. The van der Waals surface area contributed by atoms with Crippen LogP contribution in [0.15, 0.2) is 66.7 Å². The molecule has 1 heterocycles. The van der Waals surface area contributed by atoms with E-state index in [1.165, 1.54) is 4.90 Å². The number of amides is 2. The van der Waals surface area contributed by atoms with Crippen LogP contribution in [-0.2, 0) is 25.4 Å². The van der Waals surface area contributed by atoms with E-state index < -0.39 is 10.0 Å².